The number of hydrogen-bond donors (Lipinski definition) is 2. The second-order valence-electron chi connectivity index (χ2n) is 5.43. The zero-order valence-corrected chi connectivity index (χ0v) is 11.9. The van der Waals surface area contributed by atoms with E-state index in [1.54, 1.807) is 0 Å². The van der Waals surface area contributed by atoms with Crippen molar-refractivity contribution in [3.05, 3.63) is 29.8 Å². The molecular formula is C16H24N2O. The Labute approximate surface area is 115 Å². The second-order valence-corrected chi connectivity index (χ2v) is 5.43. The van der Waals surface area contributed by atoms with Crippen molar-refractivity contribution in [3.63, 3.8) is 0 Å². The lowest BCUT2D eigenvalue weighted by Gasteiger charge is -2.18. The highest BCUT2D eigenvalue weighted by Crippen LogP contribution is 2.30. The van der Waals surface area contributed by atoms with Crippen LogP contribution in [0.25, 0.3) is 0 Å². The number of amides is 1. The first-order valence-electron chi connectivity index (χ1n) is 7.38. The molecule has 1 aliphatic heterocycles. The summed E-state index contributed by atoms with van der Waals surface area (Å²) in [6.45, 7) is 4.39. The standard InChI is InChI=1S/C16H24N2O/c1-3-4-5-6-9-12(2)17-15-13-10-7-8-11-14(13)18-16(15)19/h7-8,10-12,15,17H,3-6,9H2,1-2H3,(H,18,19). The van der Waals surface area contributed by atoms with E-state index in [2.05, 4.69) is 24.5 Å². The number of para-hydroxylation sites is 1. The van der Waals surface area contributed by atoms with Crippen LogP contribution in [-0.4, -0.2) is 11.9 Å². The third kappa shape index (κ3) is 3.57. The number of nitrogens with one attached hydrogen (secondary N) is 2. The lowest BCUT2D eigenvalue weighted by Crippen LogP contribution is -2.34. The molecule has 2 unspecified atom stereocenters. The van der Waals surface area contributed by atoms with Crippen LogP contribution in [0.15, 0.2) is 24.3 Å². The molecule has 2 N–H and O–H groups in total. The van der Waals surface area contributed by atoms with E-state index < -0.39 is 0 Å². The monoisotopic (exact) mass is 260 g/mol. The van der Waals surface area contributed by atoms with E-state index in [1.165, 1.54) is 25.7 Å². The van der Waals surface area contributed by atoms with Gasteiger partial charge in [-0.2, -0.15) is 0 Å². The quantitative estimate of drug-likeness (QED) is 0.735. The van der Waals surface area contributed by atoms with Crippen LogP contribution >= 0.6 is 0 Å². The molecule has 104 valence electrons. The summed E-state index contributed by atoms with van der Waals surface area (Å²) in [5.41, 5.74) is 2.02. The maximum atomic E-state index is 12.0. The number of anilines is 1. The fourth-order valence-corrected chi connectivity index (χ4v) is 2.62. The van der Waals surface area contributed by atoms with Gasteiger partial charge >= 0.3 is 0 Å². The molecule has 0 spiro atoms. The molecule has 19 heavy (non-hydrogen) atoms. The van der Waals surface area contributed by atoms with Crippen LogP contribution in [0.1, 0.15) is 57.6 Å². The van der Waals surface area contributed by atoms with Gasteiger partial charge < -0.3 is 5.32 Å². The summed E-state index contributed by atoms with van der Waals surface area (Å²) in [6.07, 6.45) is 6.22. The predicted molar refractivity (Wildman–Crippen MR) is 79.2 cm³/mol. The van der Waals surface area contributed by atoms with Crippen molar-refractivity contribution in [2.24, 2.45) is 0 Å². The number of benzene rings is 1. The lowest BCUT2D eigenvalue weighted by molar-refractivity contribution is -0.117. The molecule has 0 aromatic heterocycles. The molecule has 0 bridgehead atoms. The van der Waals surface area contributed by atoms with Gasteiger partial charge in [0.2, 0.25) is 5.91 Å². The Kier molecular flexibility index (Phi) is 4.97. The number of fused-ring (bicyclic) bond motifs is 1. The highest BCUT2D eigenvalue weighted by atomic mass is 16.2. The van der Waals surface area contributed by atoms with Crippen LogP contribution in [0.5, 0.6) is 0 Å². The molecule has 2 rings (SSSR count). The fraction of sp³-hybridized carbons (Fsp3) is 0.562. The molecule has 0 saturated heterocycles. The van der Waals surface area contributed by atoms with Crippen LogP contribution in [0.2, 0.25) is 0 Å². The Bertz CT molecular complexity index is 431. The first-order chi connectivity index (χ1) is 9.22. The van der Waals surface area contributed by atoms with E-state index in [1.807, 2.05) is 24.3 Å². The minimum absolute atomic E-state index is 0.0709. The zero-order chi connectivity index (χ0) is 13.7. The van der Waals surface area contributed by atoms with Crippen LogP contribution in [0, 0.1) is 0 Å². The normalized spacial score (nSPS) is 19.1. The van der Waals surface area contributed by atoms with E-state index in [4.69, 9.17) is 0 Å². The van der Waals surface area contributed by atoms with Gasteiger partial charge in [-0.25, -0.2) is 0 Å². The van der Waals surface area contributed by atoms with Crippen molar-refractivity contribution in [3.8, 4) is 0 Å². The summed E-state index contributed by atoms with van der Waals surface area (Å²) in [6, 6.07) is 8.11. The Morgan fingerprint density at radius 2 is 2.05 bits per heavy atom. The minimum Gasteiger partial charge on any atom is -0.324 e. The van der Waals surface area contributed by atoms with Crippen LogP contribution in [-0.2, 0) is 4.79 Å². The Balaban J connectivity index is 1.87. The summed E-state index contributed by atoms with van der Waals surface area (Å²) in [5, 5.41) is 6.38. The van der Waals surface area contributed by atoms with Crippen LogP contribution in [0.3, 0.4) is 0 Å². The molecule has 1 aromatic rings. The van der Waals surface area contributed by atoms with Crippen LogP contribution < -0.4 is 10.6 Å². The molecular weight excluding hydrogens is 236 g/mol. The molecule has 1 heterocycles. The number of hydrogen-bond acceptors (Lipinski definition) is 2. The van der Waals surface area contributed by atoms with Crippen molar-refractivity contribution in [2.45, 2.75) is 58.0 Å². The van der Waals surface area contributed by atoms with E-state index in [0.717, 1.165) is 17.7 Å². The molecule has 0 saturated carbocycles. The fourth-order valence-electron chi connectivity index (χ4n) is 2.62. The molecule has 1 aliphatic rings. The predicted octanol–water partition coefficient (Wildman–Crippen LogP) is 3.63. The SMILES string of the molecule is CCCCCCC(C)NC1C(=O)Nc2ccccc21. The first-order valence-corrected chi connectivity index (χ1v) is 7.38. The third-order valence-electron chi connectivity index (χ3n) is 3.73. The summed E-state index contributed by atoms with van der Waals surface area (Å²) in [4.78, 5) is 12.0. The van der Waals surface area contributed by atoms with E-state index >= 15 is 0 Å². The summed E-state index contributed by atoms with van der Waals surface area (Å²) >= 11 is 0. The number of unbranched alkanes of at least 4 members (excludes halogenated alkanes) is 3. The first kappa shape index (κ1) is 14.1. The van der Waals surface area contributed by atoms with Gasteiger partial charge in [0.05, 0.1) is 0 Å². The Hall–Kier alpha value is -1.35. The molecule has 1 aromatic carbocycles. The molecule has 0 aliphatic carbocycles. The number of carbonyl (C=O) groups is 1. The van der Waals surface area contributed by atoms with Crippen molar-refractivity contribution < 1.29 is 4.79 Å². The molecule has 3 nitrogen and oxygen atoms in total. The van der Waals surface area contributed by atoms with E-state index in [-0.39, 0.29) is 11.9 Å². The Morgan fingerprint density at radius 1 is 1.26 bits per heavy atom. The maximum Gasteiger partial charge on any atom is 0.246 e. The minimum atomic E-state index is -0.183. The van der Waals surface area contributed by atoms with E-state index in [9.17, 15) is 4.79 Å². The van der Waals surface area contributed by atoms with Gasteiger partial charge in [0.25, 0.3) is 0 Å². The molecule has 1 amide bonds. The maximum absolute atomic E-state index is 12.0. The molecule has 0 radical (unpaired) electrons. The third-order valence-corrected chi connectivity index (χ3v) is 3.73. The summed E-state index contributed by atoms with van der Waals surface area (Å²) in [5.74, 6) is 0.0709. The van der Waals surface area contributed by atoms with E-state index in [0.29, 0.717) is 6.04 Å². The van der Waals surface area contributed by atoms with Gasteiger partial charge in [-0.15, -0.1) is 0 Å². The van der Waals surface area contributed by atoms with Gasteiger partial charge in [-0.05, 0) is 19.4 Å². The van der Waals surface area contributed by atoms with Gasteiger partial charge in [0, 0.05) is 17.3 Å². The Morgan fingerprint density at radius 3 is 2.84 bits per heavy atom. The molecule has 3 heteroatoms. The highest BCUT2D eigenvalue weighted by molar-refractivity contribution is 6.02. The summed E-state index contributed by atoms with van der Waals surface area (Å²) in [7, 11) is 0. The molecule has 0 fully saturated rings. The summed E-state index contributed by atoms with van der Waals surface area (Å²) < 4.78 is 0. The highest BCUT2D eigenvalue weighted by Gasteiger charge is 2.30. The van der Waals surface area contributed by atoms with Gasteiger partial charge in [0.15, 0.2) is 0 Å². The average molecular weight is 260 g/mol. The zero-order valence-electron chi connectivity index (χ0n) is 11.9. The van der Waals surface area contributed by atoms with Crippen molar-refractivity contribution in [1.82, 2.24) is 5.32 Å². The van der Waals surface area contributed by atoms with Gasteiger partial charge in [-0.1, -0.05) is 50.8 Å². The largest absolute Gasteiger partial charge is 0.324 e. The second kappa shape index (κ2) is 6.71. The lowest BCUT2D eigenvalue weighted by atomic mass is 10.0. The number of rotatable bonds is 7. The number of carbonyl (C=O) groups excluding carboxylic acids is 1. The van der Waals surface area contributed by atoms with Crippen molar-refractivity contribution >= 4 is 11.6 Å². The van der Waals surface area contributed by atoms with Crippen molar-refractivity contribution in [1.29, 1.82) is 0 Å². The average Bonchev–Trinajstić information content (AvgIpc) is 2.72. The van der Waals surface area contributed by atoms with Crippen LogP contribution in [0.4, 0.5) is 5.69 Å². The van der Waals surface area contributed by atoms with Gasteiger partial charge in [0.1, 0.15) is 6.04 Å². The topological polar surface area (TPSA) is 41.1 Å². The smallest absolute Gasteiger partial charge is 0.246 e. The van der Waals surface area contributed by atoms with Gasteiger partial charge in [-0.3, -0.25) is 10.1 Å². The molecule has 2 atom stereocenters. The van der Waals surface area contributed by atoms with Crippen molar-refractivity contribution in [2.75, 3.05) is 5.32 Å².